The largest absolute Gasteiger partial charge is 0.372 e. The molecule has 1 saturated heterocycles. The Morgan fingerprint density at radius 2 is 1.32 bits per heavy atom. The minimum Gasteiger partial charge on any atom is -0.372 e. The molecule has 1 atom stereocenters. The van der Waals surface area contributed by atoms with Crippen molar-refractivity contribution in [3.63, 3.8) is 0 Å². The summed E-state index contributed by atoms with van der Waals surface area (Å²) in [5, 5.41) is 6.06. The number of epoxide rings is 1. The topological polar surface area (TPSA) is 74.0 Å². The number of unbranched alkanes of at least 4 members (excludes halogenated alkanes) is 6. The van der Waals surface area contributed by atoms with Crippen LogP contribution in [0.3, 0.4) is 0 Å². The zero-order valence-corrected chi connectivity index (χ0v) is 19.9. The number of nitrogens with one attached hydrogen (secondary N) is 2. The number of amides is 2. The Morgan fingerprint density at radius 1 is 0.839 bits per heavy atom. The molecule has 0 bridgehead atoms. The number of ether oxygens (including phenoxy) is 1. The molecule has 0 aromatic carbocycles. The standard InChI is InChI=1S/C25H45N3O3/c1-3-5-7-9-11-13-15-24(29)26-17-19-28(21-23-22-31-23)20-18-27-25(30)16-14-12-10-8-6-4-2/h3-6,23H,7-22H2,1-2H3,(H,26,29)(H,27,30)/b5-3+,6-4+. The van der Waals surface area contributed by atoms with Crippen LogP contribution in [0.1, 0.15) is 78.1 Å². The van der Waals surface area contributed by atoms with Gasteiger partial charge in [-0.2, -0.15) is 0 Å². The zero-order chi connectivity index (χ0) is 22.6. The average molecular weight is 436 g/mol. The summed E-state index contributed by atoms with van der Waals surface area (Å²) in [6.45, 7) is 8.61. The van der Waals surface area contributed by atoms with E-state index in [0.29, 0.717) is 32.0 Å². The van der Waals surface area contributed by atoms with E-state index in [-0.39, 0.29) is 11.8 Å². The van der Waals surface area contributed by atoms with E-state index in [9.17, 15) is 9.59 Å². The van der Waals surface area contributed by atoms with Gasteiger partial charge in [-0.15, -0.1) is 0 Å². The van der Waals surface area contributed by atoms with Crippen LogP contribution >= 0.6 is 0 Å². The van der Waals surface area contributed by atoms with E-state index < -0.39 is 0 Å². The summed E-state index contributed by atoms with van der Waals surface area (Å²) in [5.41, 5.74) is 0. The summed E-state index contributed by atoms with van der Waals surface area (Å²) < 4.78 is 5.35. The lowest BCUT2D eigenvalue weighted by atomic mass is 10.1. The van der Waals surface area contributed by atoms with Gasteiger partial charge in [0.1, 0.15) is 0 Å². The normalized spacial score (nSPS) is 15.8. The van der Waals surface area contributed by atoms with Gasteiger partial charge < -0.3 is 15.4 Å². The molecule has 1 rings (SSSR count). The summed E-state index contributed by atoms with van der Waals surface area (Å²) in [6.07, 6.45) is 18.6. The van der Waals surface area contributed by atoms with Crippen LogP contribution in [-0.4, -0.2) is 62.1 Å². The quantitative estimate of drug-likeness (QED) is 0.172. The first-order valence-electron chi connectivity index (χ1n) is 12.2. The Hall–Kier alpha value is -1.66. The number of rotatable bonds is 20. The second-order valence-electron chi connectivity index (χ2n) is 8.29. The lowest BCUT2D eigenvalue weighted by Gasteiger charge is -2.21. The maximum atomic E-state index is 12.0. The van der Waals surface area contributed by atoms with Gasteiger partial charge in [-0.3, -0.25) is 14.5 Å². The predicted molar refractivity (Wildman–Crippen MR) is 128 cm³/mol. The van der Waals surface area contributed by atoms with Crippen LogP contribution in [0.5, 0.6) is 0 Å². The third kappa shape index (κ3) is 17.7. The lowest BCUT2D eigenvalue weighted by molar-refractivity contribution is -0.121. The molecule has 0 aromatic rings. The van der Waals surface area contributed by atoms with Crippen LogP contribution in [0.4, 0.5) is 0 Å². The van der Waals surface area contributed by atoms with Gasteiger partial charge in [-0.25, -0.2) is 0 Å². The van der Waals surface area contributed by atoms with Crippen LogP contribution in [0, 0.1) is 0 Å². The van der Waals surface area contributed by atoms with Crippen LogP contribution in [-0.2, 0) is 14.3 Å². The first kappa shape index (κ1) is 27.4. The highest BCUT2D eigenvalue weighted by atomic mass is 16.6. The Kier molecular flexibility index (Phi) is 16.8. The minimum atomic E-state index is 0.136. The molecule has 1 fully saturated rings. The first-order valence-corrected chi connectivity index (χ1v) is 12.2. The van der Waals surface area contributed by atoms with Crippen LogP contribution < -0.4 is 10.6 Å². The van der Waals surface area contributed by atoms with Crippen molar-refractivity contribution in [1.29, 1.82) is 0 Å². The van der Waals surface area contributed by atoms with E-state index in [1.54, 1.807) is 0 Å². The summed E-state index contributed by atoms with van der Waals surface area (Å²) >= 11 is 0. The fourth-order valence-electron chi connectivity index (χ4n) is 3.42. The van der Waals surface area contributed by atoms with E-state index in [1.165, 1.54) is 0 Å². The van der Waals surface area contributed by atoms with E-state index in [0.717, 1.165) is 77.6 Å². The molecule has 0 aromatic heterocycles. The van der Waals surface area contributed by atoms with E-state index in [1.807, 2.05) is 13.8 Å². The molecule has 0 spiro atoms. The molecule has 1 unspecified atom stereocenters. The molecule has 0 radical (unpaired) electrons. The van der Waals surface area contributed by atoms with E-state index >= 15 is 0 Å². The maximum absolute atomic E-state index is 12.0. The third-order valence-electron chi connectivity index (χ3n) is 5.39. The molecule has 6 heteroatoms. The van der Waals surface area contributed by atoms with Gasteiger partial charge in [0.25, 0.3) is 0 Å². The summed E-state index contributed by atoms with van der Waals surface area (Å²) in [6, 6.07) is 0. The lowest BCUT2D eigenvalue weighted by Crippen LogP contribution is -2.41. The van der Waals surface area contributed by atoms with Gasteiger partial charge in [0.2, 0.25) is 11.8 Å². The zero-order valence-electron chi connectivity index (χ0n) is 19.9. The highest BCUT2D eigenvalue weighted by molar-refractivity contribution is 5.76. The highest BCUT2D eigenvalue weighted by Crippen LogP contribution is 2.10. The molecule has 1 heterocycles. The van der Waals surface area contributed by atoms with Crippen molar-refractivity contribution in [1.82, 2.24) is 15.5 Å². The molecule has 1 aliphatic heterocycles. The number of nitrogens with zero attached hydrogens (tertiary/aromatic N) is 1. The summed E-state index contributed by atoms with van der Waals surface area (Å²) in [4.78, 5) is 26.3. The van der Waals surface area contributed by atoms with Gasteiger partial charge in [0, 0.05) is 45.6 Å². The van der Waals surface area contributed by atoms with Crippen molar-refractivity contribution in [3.05, 3.63) is 24.3 Å². The van der Waals surface area contributed by atoms with E-state index in [4.69, 9.17) is 4.74 Å². The SMILES string of the molecule is C/C=C/CCCCCC(=O)NCCN(CCNC(=O)CCCCC/C=C/C)CC1CO1. The number of carbonyl (C=O) groups excluding carboxylic acids is 2. The second-order valence-corrected chi connectivity index (χ2v) is 8.29. The summed E-state index contributed by atoms with van der Waals surface area (Å²) in [7, 11) is 0. The number of hydrogen-bond acceptors (Lipinski definition) is 4. The predicted octanol–water partition coefficient (Wildman–Crippen LogP) is 3.97. The van der Waals surface area contributed by atoms with Crippen LogP contribution in [0.15, 0.2) is 24.3 Å². The van der Waals surface area contributed by atoms with Crippen LogP contribution in [0.25, 0.3) is 0 Å². The van der Waals surface area contributed by atoms with Crippen molar-refractivity contribution in [2.24, 2.45) is 0 Å². The van der Waals surface area contributed by atoms with Gasteiger partial charge in [0.05, 0.1) is 12.7 Å². The molecule has 1 aliphatic rings. The van der Waals surface area contributed by atoms with Gasteiger partial charge >= 0.3 is 0 Å². The number of carbonyl (C=O) groups is 2. The Labute approximate surface area is 189 Å². The van der Waals surface area contributed by atoms with Crippen molar-refractivity contribution >= 4 is 11.8 Å². The number of allylic oxidation sites excluding steroid dienone is 4. The Morgan fingerprint density at radius 3 is 1.74 bits per heavy atom. The molecule has 2 N–H and O–H groups in total. The fraction of sp³-hybridized carbons (Fsp3) is 0.760. The molecule has 178 valence electrons. The highest BCUT2D eigenvalue weighted by Gasteiger charge is 2.25. The van der Waals surface area contributed by atoms with Gasteiger partial charge in [-0.05, 0) is 52.4 Å². The van der Waals surface area contributed by atoms with Gasteiger partial charge in [-0.1, -0.05) is 37.1 Å². The Balaban J connectivity index is 2.09. The van der Waals surface area contributed by atoms with Crippen molar-refractivity contribution in [3.8, 4) is 0 Å². The van der Waals surface area contributed by atoms with Crippen molar-refractivity contribution in [2.45, 2.75) is 84.2 Å². The average Bonchev–Trinajstić information content (AvgIpc) is 3.57. The molecule has 0 saturated carbocycles. The Bertz CT molecular complexity index is 490. The third-order valence-corrected chi connectivity index (χ3v) is 5.39. The van der Waals surface area contributed by atoms with Crippen LogP contribution in [0.2, 0.25) is 0 Å². The smallest absolute Gasteiger partial charge is 0.220 e. The monoisotopic (exact) mass is 435 g/mol. The second kappa shape index (κ2) is 19.1. The van der Waals surface area contributed by atoms with E-state index in [2.05, 4.69) is 39.8 Å². The molecule has 2 amide bonds. The fourth-order valence-corrected chi connectivity index (χ4v) is 3.42. The van der Waals surface area contributed by atoms with Crippen molar-refractivity contribution in [2.75, 3.05) is 39.3 Å². The minimum absolute atomic E-state index is 0.136. The molecular formula is C25H45N3O3. The first-order chi connectivity index (χ1) is 15.2. The summed E-state index contributed by atoms with van der Waals surface area (Å²) in [5.74, 6) is 0.271. The molecular weight excluding hydrogens is 390 g/mol. The number of hydrogen-bond donors (Lipinski definition) is 2. The van der Waals surface area contributed by atoms with Gasteiger partial charge in [0.15, 0.2) is 0 Å². The molecule has 31 heavy (non-hydrogen) atoms. The van der Waals surface area contributed by atoms with Crippen molar-refractivity contribution < 1.29 is 14.3 Å². The maximum Gasteiger partial charge on any atom is 0.220 e. The molecule has 0 aliphatic carbocycles. The molecule has 6 nitrogen and oxygen atoms in total.